The second-order valence-electron chi connectivity index (χ2n) is 6.07. The number of esters is 1. The van der Waals surface area contributed by atoms with Crippen molar-refractivity contribution in [3.8, 4) is 5.75 Å². The predicted molar refractivity (Wildman–Crippen MR) is 110 cm³/mol. The van der Waals surface area contributed by atoms with Crippen LogP contribution in [0, 0.1) is 0 Å². The van der Waals surface area contributed by atoms with Gasteiger partial charge in [-0.1, -0.05) is 43.7 Å². The molecule has 0 aromatic heterocycles. The molecule has 1 aromatic rings. The highest BCUT2D eigenvalue weighted by Gasteiger charge is 2.03. The van der Waals surface area contributed by atoms with E-state index in [0.717, 1.165) is 56.0 Å². The first-order chi connectivity index (χ1) is 13.2. The minimum atomic E-state index is -0.132. The fourth-order valence-corrected chi connectivity index (χ4v) is 2.49. The van der Waals surface area contributed by atoms with Crippen molar-refractivity contribution < 1.29 is 14.3 Å². The number of carbonyl (C=O) groups is 1. The summed E-state index contributed by atoms with van der Waals surface area (Å²) in [7, 11) is 1.43. The molecule has 2 N–H and O–H groups in total. The maximum absolute atomic E-state index is 11.1. The molecular formula is C21H33N3O3. The highest BCUT2D eigenvalue weighted by Crippen LogP contribution is 2.18. The highest BCUT2D eigenvalue weighted by molar-refractivity contribution is 5.79. The maximum atomic E-state index is 11.1. The summed E-state index contributed by atoms with van der Waals surface area (Å²) in [5, 5.41) is 6.62. The lowest BCUT2D eigenvalue weighted by atomic mass is 10.1. The van der Waals surface area contributed by atoms with Crippen LogP contribution in [-0.2, 0) is 16.1 Å². The first-order valence-corrected chi connectivity index (χ1v) is 9.61. The summed E-state index contributed by atoms with van der Waals surface area (Å²) in [5.41, 5.74) is 1.04. The summed E-state index contributed by atoms with van der Waals surface area (Å²) in [4.78, 5) is 15.7. The zero-order valence-electron chi connectivity index (χ0n) is 16.6. The predicted octanol–water partition coefficient (Wildman–Crippen LogP) is 3.43. The van der Waals surface area contributed by atoms with Crippen molar-refractivity contribution in [3.05, 3.63) is 42.5 Å². The third-order valence-electron chi connectivity index (χ3n) is 3.91. The van der Waals surface area contributed by atoms with Gasteiger partial charge in [0.25, 0.3) is 0 Å². The van der Waals surface area contributed by atoms with Crippen LogP contribution in [0.3, 0.4) is 0 Å². The summed E-state index contributed by atoms with van der Waals surface area (Å²) in [6.07, 6.45) is 6.24. The number of benzene rings is 1. The normalized spacial score (nSPS) is 11.0. The van der Waals surface area contributed by atoms with E-state index in [9.17, 15) is 4.79 Å². The largest absolute Gasteiger partial charge is 0.489 e. The standard InChI is InChI=1S/C21H33N3O3/c1-4-16-27-19-13-10-9-12-18(19)17-24-21(22-5-2)23-15-11-7-6-8-14-20(25)26-3/h4,9-10,12-13H,1,5-8,11,14-17H2,2-3H3,(H2,22,23,24). The lowest BCUT2D eigenvalue weighted by Crippen LogP contribution is -2.37. The number of nitrogens with zero attached hydrogens (tertiary/aromatic N) is 1. The number of hydrogen-bond donors (Lipinski definition) is 2. The Morgan fingerprint density at radius 3 is 2.70 bits per heavy atom. The topological polar surface area (TPSA) is 72.0 Å². The van der Waals surface area contributed by atoms with Gasteiger partial charge < -0.3 is 20.1 Å². The van der Waals surface area contributed by atoms with Gasteiger partial charge in [0.1, 0.15) is 12.4 Å². The Hall–Kier alpha value is -2.50. The monoisotopic (exact) mass is 375 g/mol. The number of aliphatic imine (C=N–C) groups is 1. The van der Waals surface area contributed by atoms with E-state index in [1.807, 2.05) is 31.2 Å². The molecule has 0 atom stereocenters. The number of ether oxygens (including phenoxy) is 2. The van der Waals surface area contributed by atoms with Gasteiger partial charge in [0.2, 0.25) is 0 Å². The van der Waals surface area contributed by atoms with Gasteiger partial charge in [-0.3, -0.25) is 4.79 Å². The number of hydrogen-bond acceptors (Lipinski definition) is 4. The van der Waals surface area contributed by atoms with Crippen molar-refractivity contribution in [1.82, 2.24) is 10.6 Å². The third-order valence-corrected chi connectivity index (χ3v) is 3.91. The molecule has 6 nitrogen and oxygen atoms in total. The lowest BCUT2D eigenvalue weighted by Gasteiger charge is -2.12. The van der Waals surface area contributed by atoms with Gasteiger partial charge in [-0.05, 0) is 25.8 Å². The van der Waals surface area contributed by atoms with Crippen LogP contribution in [0.25, 0.3) is 0 Å². The van der Waals surface area contributed by atoms with Gasteiger partial charge >= 0.3 is 5.97 Å². The highest BCUT2D eigenvalue weighted by atomic mass is 16.5. The number of carbonyl (C=O) groups excluding carboxylic acids is 1. The molecule has 0 bridgehead atoms. The van der Waals surface area contributed by atoms with E-state index >= 15 is 0 Å². The molecule has 0 radical (unpaired) electrons. The molecule has 0 heterocycles. The van der Waals surface area contributed by atoms with E-state index < -0.39 is 0 Å². The van der Waals surface area contributed by atoms with E-state index in [0.29, 0.717) is 19.6 Å². The van der Waals surface area contributed by atoms with Crippen LogP contribution in [0.1, 0.15) is 44.6 Å². The Morgan fingerprint density at radius 1 is 1.19 bits per heavy atom. The second kappa shape index (κ2) is 14.6. The lowest BCUT2D eigenvalue weighted by molar-refractivity contribution is -0.140. The van der Waals surface area contributed by atoms with E-state index in [-0.39, 0.29) is 5.97 Å². The smallest absolute Gasteiger partial charge is 0.305 e. The number of nitrogens with one attached hydrogen (secondary N) is 2. The average molecular weight is 376 g/mol. The Kier molecular flexibility index (Phi) is 12.2. The van der Waals surface area contributed by atoms with Gasteiger partial charge in [0.05, 0.1) is 13.7 Å². The summed E-state index contributed by atoms with van der Waals surface area (Å²) < 4.78 is 10.3. The molecule has 0 unspecified atom stereocenters. The fraction of sp³-hybridized carbons (Fsp3) is 0.524. The van der Waals surface area contributed by atoms with Gasteiger partial charge in [-0.25, -0.2) is 4.99 Å². The Labute approximate surface area is 163 Å². The Bertz CT molecular complexity index is 588. The average Bonchev–Trinajstić information content (AvgIpc) is 2.69. The van der Waals surface area contributed by atoms with E-state index in [2.05, 4.69) is 26.9 Å². The molecule has 150 valence electrons. The third kappa shape index (κ3) is 10.3. The molecule has 0 fully saturated rings. The van der Waals surface area contributed by atoms with Gasteiger partial charge in [0, 0.05) is 25.1 Å². The van der Waals surface area contributed by atoms with Crippen LogP contribution in [0.2, 0.25) is 0 Å². The Balaban J connectivity index is 2.40. The molecule has 0 saturated heterocycles. The second-order valence-corrected chi connectivity index (χ2v) is 6.07. The van der Waals surface area contributed by atoms with Crippen LogP contribution in [-0.4, -0.2) is 38.7 Å². The zero-order chi connectivity index (χ0) is 19.7. The van der Waals surface area contributed by atoms with E-state index in [1.165, 1.54) is 7.11 Å². The van der Waals surface area contributed by atoms with Crippen LogP contribution in [0.15, 0.2) is 41.9 Å². The Morgan fingerprint density at radius 2 is 1.96 bits per heavy atom. The number of guanidine groups is 1. The van der Waals surface area contributed by atoms with Crippen molar-refractivity contribution in [2.24, 2.45) is 4.99 Å². The number of unbranched alkanes of at least 4 members (excludes halogenated alkanes) is 3. The number of rotatable bonds is 13. The molecule has 0 spiro atoms. The number of para-hydroxylation sites is 1. The summed E-state index contributed by atoms with van der Waals surface area (Å²) in [5.74, 6) is 1.50. The van der Waals surface area contributed by atoms with Crippen molar-refractivity contribution >= 4 is 11.9 Å². The minimum absolute atomic E-state index is 0.132. The molecule has 27 heavy (non-hydrogen) atoms. The van der Waals surface area contributed by atoms with Crippen molar-refractivity contribution in [2.75, 3.05) is 26.8 Å². The first-order valence-electron chi connectivity index (χ1n) is 9.61. The molecule has 0 aliphatic heterocycles. The summed E-state index contributed by atoms with van der Waals surface area (Å²) in [6.45, 7) is 8.40. The van der Waals surface area contributed by atoms with Crippen molar-refractivity contribution in [3.63, 3.8) is 0 Å². The van der Waals surface area contributed by atoms with Crippen LogP contribution >= 0.6 is 0 Å². The quantitative estimate of drug-likeness (QED) is 0.182. The van der Waals surface area contributed by atoms with Crippen molar-refractivity contribution in [1.29, 1.82) is 0 Å². The molecule has 0 amide bonds. The zero-order valence-corrected chi connectivity index (χ0v) is 16.6. The molecular weight excluding hydrogens is 342 g/mol. The van der Waals surface area contributed by atoms with Gasteiger partial charge in [0.15, 0.2) is 5.96 Å². The SMILES string of the molecule is C=CCOc1ccccc1CN=C(NCC)NCCCCCCC(=O)OC. The van der Waals surface area contributed by atoms with Crippen LogP contribution in [0.5, 0.6) is 5.75 Å². The fourth-order valence-electron chi connectivity index (χ4n) is 2.49. The van der Waals surface area contributed by atoms with Crippen molar-refractivity contribution in [2.45, 2.75) is 45.6 Å². The van der Waals surface area contributed by atoms with Crippen LogP contribution in [0.4, 0.5) is 0 Å². The molecule has 6 heteroatoms. The summed E-state index contributed by atoms with van der Waals surface area (Å²) in [6, 6.07) is 7.91. The summed E-state index contributed by atoms with van der Waals surface area (Å²) >= 11 is 0. The van der Waals surface area contributed by atoms with Gasteiger partial charge in [-0.15, -0.1) is 0 Å². The maximum Gasteiger partial charge on any atom is 0.305 e. The first kappa shape index (κ1) is 22.5. The minimum Gasteiger partial charge on any atom is -0.489 e. The van der Waals surface area contributed by atoms with Gasteiger partial charge in [-0.2, -0.15) is 0 Å². The molecule has 0 aliphatic carbocycles. The molecule has 1 aromatic carbocycles. The van der Waals surface area contributed by atoms with E-state index in [4.69, 9.17) is 4.74 Å². The molecule has 0 saturated carbocycles. The van der Waals surface area contributed by atoms with E-state index in [1.54, 1.807) is 6.08 Å². The molecule has 0 aliphatic rings. The number of methoxy groups -OCH3 is 1. The molecule has 1 rings (SSSR count). The van der Waals surface area contributed by atoms with Crippen LogP contribution < -0.4 is 15.4 Å².